The smallest absolute Gasteiger partial charge is 0.276 e. The number of halogens is 1. The molecule has 0 spiro atoms. The van der Waals surface area contributed by atoms with Gasteiger partial charge in [-0.3, -0.25) is 14.7 Å². The minimum absolute atomic E-state index is 0. The maximum atomic E-state index is 12.7. The zero-order valence-electron chi connectivity index (χ0n) is 15.5. The number of pyridine rings is 1. The fourth-order valence-corrected chi connectivity index (χ4v) is 3.24. The average Bonchev–Trinajstić information content (AvgIpc) is 3.11. The first kappa shape index (κ1) is 19.9. The second-order valence-corrected chi connectivity index (χ2v) is 6.75. The summed E-state index contributed by atoms with van der Waals surface area (Å²) in [6.45, 7) is 3.93. The van der Waals surface area contributed by atoms with Gasteiger partial charge < -0.3 is 15.2 Å². The number of anilines is 1. The van der Waals surface area contributed by atoms with Crippen LogP contribution in [0.25, 0.3) is 0 Å². The first-order chi connectivity index (χ1) is 13.1. The van der Waals surface area contributed by atoms with Gasteiger partial charge in [0.1, 0.15) is 5.69 Å². The Balaban J connectivity index is 0.00000225. The van der Waals surface area contributed by atoms with Crippen LogP contribution in [0.4, 0.5) is 5.69 Å². The molecule has 1 aromatic carbocycles. The topological polar surface area (TPSA) is 91.8 Å². The van der Waals surface area contributed by atoms with E-state index < -0.39 is 0 Å². The maximum Gasteiger partial charge on any atom is 0.276 e. The summed E-state index contributed by atoms with van der Waals surface area (Å²) in [6.07, 6.45) is 2.53. The molecule has 146 valence electrons. The minimum Gasteiger partial charge on any atom is -0.316 e. The van der Waals surface area contributed by atoms with Crippen LogP contribution >= 0.6 is 12.4 Å². The number of aromatic amines is 1. The molecule has 1 aliphatic rings. The van der Waals surface area contributed by atoms with Crippen molar-refractivity contribution in [2.24, 2.45) is 0 Å². The molecule has 3 heterocycles. The van der Waals surface area contributed by atoms with Gasteiger partial charge in [-0.15, -0.1) is 12.4 Å². The Bertz CT molecular complexity index is 1040. The molecule has 0 saturated heterocycles. The van der Waals surface area contributed by atoms with E-state index in [1.165, 1.54) is 5.56 Å². The second-order valence-electron chi connectivity index (χ2n) is 6.75. The molecular formula is C20H22ClN5O2. The summed E-state index contributed by atoms with van der Waals surface area (Å²) < 4.78 is 1.59. The lowest BCUT2D eigenvalue weighted by molar-refractivity contribution is 0.102. The predicted molar refractivity (Wildman–Crippen MR) is 110 cm³/mol. The van der Waals surface area contributed by atoms with E-state index in [0.29, 0.717) is 18.8 Å². The van der Waals surface area contributed by atoms with Gasteiger partial charge in [0.25, 0.3) is 11.5 Å². The lowest BCUT2D eigenvalue weighted by Crippen LogP contribution is -2.28. The standard InChI is InChI=1S/C20H21N5O2.ClH/c1-13-4-6-14(7-5-13)12-25-10-2-3-17(20(25)27)22-19(26)18-15-11-21-9-8-16(15)23-24-18;/h2-7,10,21H,8-9,11-12H2,1H3,(H,22,26)(H,23,24);1H. The quantitative estimate of drug-likeness (QED) is 0.627. The predicted octanol–water partition coefficient (Wildman–Crippen LogP) is 2.25. The minimum atomic E-state index is -0.374. The molecule has 1 amide bonds. The van der Waals surface area contributed by atoms with Crippen molar-refractivity contribution in [3.8, 4) is 0 Å². The summed E-state index contributed by atoms with van der Waals surface area (Å²) in [5.41, 5.74) is 4.38. The first-order valence-corrected chi connectivity index (χ1v) is 8.95. The number of carbonyl (C=O) groups is 1. The number of H-pyrrole nitrogens is 1. The molecule has 8 heteroatoms. The number of carbonyl (C=O) groups excluding carboxylic acids is 1. The van der Waals surface area contributed by atoms with Crippen molar-refractivity contribution in [3.05, 3.63) is 81.0 Å². The molecule has 0 fully saturated rings. The molecule has 0 unspecified atom stereocenters. The van der Waals surface area contributed by atoms with Crippen LogP contribution < -0.4 is 16.2 Å². The Kier molecular flexibility index (Phi) is 5.96. The van der Waals surface area contributed by atoms with E-state index in [-0.39, 0.29) is 29.6 Å². The molecule has 7 nitrogen and oxygen atoms in total. The van der Waals surface area contributed by atoms with E-state index in [9.17, 15) is 9.59 Å². The highest BCUT2D eigenvalue weighted by Gasteiger charge is 2.22. The van der Waals surface area contributed by atoms with E-state index in [2.05, 4.69) is 20.8 Å². The van der Waals surface area contributed by atoms with Crippen molar-refractivity contribution >= 4 is 24.0 Å². The molecule has 0 saturated carbocycles. The number of rotatable bonds is 4. The van der Waals surface area contributed by atoms with Gasteiger partial charge in [-0.2, -0.15) is 5.10 Å². The van der Waals surface area contributed by atoms with Gasteiger partial charge in [-0.05, 0) is 24.6 Å². The molecule has 0 atom stereocenters. The molecule has 0 aliphatic carbocycles. The number of hydrogen-bond acceptors (Lipinski definition) is 4. The zero-order chi connectivity index (χ0) is 18.8. The second kappa shape index (κ2) is 8.41. The average molecular weight is 400 g/mol. The highest BCUT2D eigenvalue weighted by Crippen LogP contribution is 2.16. The van der Waals surface area contributed by atoms with Gasteiger partial charge in [-0.25, -0.2) is 0 Å². The number of fused-ring (bicyclic) bond motifs is 1. The van der Waals surface area contributed by atoms with Gasteiger partial charge in [0.2, 0.25) is 0 Å². The van der Waals surface area contributed by atoms with Crippen LogP contribution in [0.1, 0.15) is 32.9 Å². The number of aromatic nitrogens is 3. The summed E-state index contributed by atoms with van der Waals surface area (Å²) in [6, 6.07) is 11.4. The van der Waals surface area contributed by atoms with Crippen LogP contribution in [0.2, 0.25) is 0 Å². The molecule has 3 aromatic rings. The first-order valence-electron chi connectivity index (χ1n) is 8.95. The molecule has 0 radical (unpaired) electrons. The van der Waals surface area contributed by atoms with Crippen LogP contribution in [-0.4, -0.2) is 27.2 Å². The van der Waals surface area contributed by atoms with Gasteiger partial charge in [0, 0.05) is 37.0 Å². The Morgan fingerprint density at radius 3 is 2.82 bits per heavy atom. The number of hydrogen-bond donors (Lipinski definition) is 3. The van der Waals surface area contributed by atoms with E-state index >= 15 is 0 Å². The van der Waals surface area contributed by atoms with Crippen molar-refractivity contribution in [1.82, 2.24) is 20.1 Å². The lowest BCUT2D eigenvalue weighted by atomic mass is 10.1. The summed E-state index contributed by atoms with van der Waals surface area (Å²) >= 11 is 0. The van der Waals surface area contributed by atoms with Crippen molar-refractivity contribution in [1.29, 1.82) is 0 Å². The van der Waals surface area contributed by atoms with Crippen molar-refractivity contribution in [2.75, 3.05) is 11.9 Å². The van der Waals surface area contributed by atoms with E-state index in [4.69, 9.17) is 0 Å². The van der Waals surface area contributed by atoms with Crippen LogP contribution in [0.3, 0.4) is 0 Å². The van der Waals surface area contributed by atoms with E-state index in [1.54, 1.807) is 22.9 Å². The molecular weight excluding hydrogens is 378 g/mol. The third-order valence-corrected chi connectivity index (χ3v) is 4.76. The van der Waals surface area contributed by atoms with Crippen LogP contribution in [-0.2, 0) is 19.5 Å². The highest BCUT2D eigenvalue weighted by molar-refractivity contribution is 6.03. The number of amides is 1. The fraction of sp³-hybridized carbons (Fsp3) is 0.250. The largest absolute Gasteiger partial charge is 0.316 e. The number of nitrogens with one attached hydrogen (secondary N) is 3. The fourth-order valence-electron chi connectivity index (χ4n) is 3.24. The van der Waals surface area contributed by atoms with Gasteiger partial charge >= 0.3 is 0 Å². The Morgan fingerprint density at radius 2 is 2.04 bits per heavy atom. The van der Waals surface area contributed by atoms with Gasteiger partial charge in [0.05, 0.1) is 6.54 Å². The molecule has 0 bridgehead atoms. The molecule has 28 heavy (non-hydrogen) atoms. The third kappa shape index (κ3) is 4.00. The van der Waals surface area contributed by atoms with Gasteiger partial charge in [-0.1, -0.05) is 29.8 Å². The van der Waals surface area contributed by atoms with Crippen molar-refractivity contribution in [3.63, 3.8) is 0 Å². The third-order valence-electron chi connectivity index (χ3n) is 4.76. The maximum absolute atomic E-state index is 12.7. The Morgan fingerprint density at radius 1 is 1.25 bits per heavy atom. The summed E-state index contributed by atoms with van der Waals surface area (Å²) in [7, 11) is 0. The molecule has 3 N–H and O–H groups in total. The monoisotopic (exact) mass is 399 g/mol. The highest BCUT2D eigenvalue weighted by atomic mass is 35.5. The number of aryl methyl sites for hydroxylation is 1. The molecule has 2 aromatic heterocycles. The van der Waals surface area contributed by atoms with Crippen LogP contribution in [0, 0.1) is 6.92 Å². The van der Waals surface area contributed by atoms with Crippen molar-refractivity contribution in [2.45, 2.75) is 26.4 Å². The SMILES string of the molecule is Cc1ccc(Cn2cccc(NC(=O)c3n[nH]c4c3CNCC4)c2=O)cc1.Cl. The number of benzene rings is 1. The van der Waals surface area contributed by atoms with Crippen molar-refractivity contribution < 1.29 is 4.79 Å². The van der Waals surface area contributed by atoms with E-state index in [0.717, 1.165) is 29.8 Å². The normalized spacial score (nSPS) is 12.8. The summed E-state index contributed by atoms with van der Waals surface area (Å²) in [4.78, 5) is 25.4. The lowest BCUT2D eigenvalue weighted by Gasteiger charge is -2.13. The Hall–Kier alpha value is -2.90. The summed E-state index contributed by atoms with van der Waals surface area (Å²) in [5.74, 6) is -0.374. The van der Waals surface area contributed by atoms with Crippen LogP contribution in [0.15, 0.2) is 47.4 Å². The molecule has 1 aliphatic heterocycles. The summed E-state index contributed by atoms with van der Waals surface area (Å²) in [5, 5.41) is 13.0. The number of nitrogens with zero attached hydrogens (tertiary/aromatic N) is 2. The van der Waals surface area contributed by atoms with E-state index in [1.807, 2.05) is 31.2 Å². The van der Waals surface area contributed by atoms with Gasteiger partial charge in [0.15, 0.2) is 5.69 Å². The zero-order valence-corrected chi connectivity index (χ0v) is 16.3. The van der Waals surface area contributed by atoms with Crippen LogP contribution in [0.5, 0.6) is 0 Å². The Labute approximate surface area is 168 Å². The molecule has 4 rings (SSSR count).